The van der Waals surface area contributed by atoms with Crippen LogP contribution in [0.3, 0.4) is 0 Å². The van der Waals surface area contributed by atoms with E-state index in [9.17, 15) is 4.79 Å². The van der Waals surface area contributed by atoms with E-state index in [1.54, 1.807) is 6.92 Å². The number of hydrogen-bond donors (Lipinski definition) is 2. The van der Waals surface area contributed by atoms with Crippen molar-refractivity contribution in [3.8, 4) is 17.6 Å². The molecule has 5 nitrogen and oxygen atoms in total. The summed E-state index contributed by atoms with van der Waals surface area (Å²) in [6.45, 7) is 5.90. The van der Waals surface area contributed by atoms with E-state index in [2.05, 4.69) is 35.0 Å². The molecule has 2 atom stereocenters. The number of nitrogens with one attached hydrogen (secondary N) is 1. The maximum atomic E-state index is 11.1. The van der Waals surface area contributed by atoms with E-state index in [1.807, 2.05) is 43.3 Å². The molecule has 1 aromatic heterocycles. The van der Waals surface area contributed by atoms with Crippen molar-refractivity contribution in [1.29, 1.82) is 0 Å². The standard InChI is InChI=1S/C25H28N2O3/c1-4-6-11-23(21-9-7-10-22-25(21)17(3)26-27-22)30-20-14-12-18(13-15-20)19(8-5-2)16-24(28)29/h7,9-10,12-15,19,23H,4,6,11,16H2,1-3H3,(H,26,27)(H,28,29). The van der Waals surface area contributed by atoms with Crippen LogP contribution in [-0.4, -0.2) is 21.3 Å². The van der Waals surface area contributed by atoms with Crippen molar-refractivity contribution in [2.24, 2.45) is 0 Å². The number of carboxylic acids is 1. The third kappa shape index (κ3) is 5.01. The first-order chi connectivity index (χ1) is 14.5. The first-order valence-electron chi connectivity index (χ1n) is 10.4. The van der Waals surface area contributed by atoms with Crippen molar-refractivity contribution >= 4 is 16.9 Å². The minimum Gasteiger partial charge on any atom is -0.486 e. The summed E-state index contributed by atoms with van der Waals surface area (Å²) in [5, 5.41) is 17.7. The molecule has 0 amide bonds. The van der Waals surface area contributed by atoms with E-state index >= 15 is 0 Å². The zero-order chi connectivity index (χ0) is 21.5. The van der Waals surface area contributed by atoms with Gasteiger partial charge in [-0.05, 0) is 50.5 Å². The summed E-state index contributed by atoms with van der Waals surface area (Å²) in [5.74, 6) is 5.40. The normalized spacial score (nSPS) is 12.8. The molecule has 1 heterocycles. The highest BCUT2D eigenvalue weighted by atomic mass is 16.5. The molecule has 0 aliphatic carbocycles. The van der Waals surface area contributed by atoms with Gasteiger partial charge in [-0.25, -0.2) is 0 Å². The molecular weight excluding hydrogens is 376 g/mol. The van der Waals surface area contributed by atoms with Crippen LogP contribution in [0.2, 0.25) is 0 Å². The number of H-pyrrole nitrogens is 1. The fourth-order valence-electron chi connectivity index (χ4n) is 3.75. The maximum Gasteiger partial charge on any atom is 0.304 e. The van der Waals surface area contributed by atoms with Gasteiger partial charge in [0.15, 0.2) is 0 Å². The number of aromatic nitrogens is 2. The number of carbonyl (C=O) groups is 1. The Morgan fingerprint density at radius 1 is 1.23 bits per heavy atom. The molecule has 3 rings (SSSR count). The molecule has 0 saturated heterocycles. The molecule has 2 N–H and O–H groups in total. The molecule has 0 bridgehead atoms. The van der Waals surface area contributed by atoms with E-state index in [0.29, 0.717) is 0 Å². The lowest BCUT2D eigenvalue weighted by atomic mass is 9.96. The van der Waals surface area contributed by atoms with Crippen molar-refractivity contribution in [1.82, 2.24) is 10.2 Å². The van der Waals surface area contributed by atoms with E-state index < -0.39 is 5.97 Å². The van der Waals surface area contributed by atoms with E-state index in [4.69, 9.17) is 9.84 Å². The SMILES string of the molecule is CC#CC(CC(=O)O)c1ccc(OC(CCCC)c2cccc3[nH]nc(C)c23)cc1. The topological polar surface area (TPSA) is 75.2 Å². The Hall–Kier alpha value is -3.26. The Kier molecular flexibility index (Phi) is 7.13. The number of nitrogens with zero attached hydrogens (tertiary/aromatic N) is 1. The summed E-state index contributed by atoms with van der Waals surface area (Å²) >= 11 is 0. The second-order valence-electron chi connectivity index (χ2n) is 7.44. The Balaban J connectivity index is 1.87. The Morgan fingerprint density at radius 2 is 2.00 bits per heavy atom. The molecule has 0 radical (unpaired) electrons. The van der Waals surface area contributed by atoms with Gasteiger partial charge in [-0.2, -0.15) is 5.10 Å². The van der Waals surface area contributed by atoms with Gasteiger partial charge in [0.25, 0.3) is 0 Å². The van der Waals surface area contributed by atoms with Crippen molar-refractivity contribution in [2.45, 2.75) is 58.5 Å². The van der Waals surface area contributed by atoms with Crippen molar-refractivity contribution < 1.29 is 14.6 Å². The smallest absolute Gasteiger partial charge is 0.304 e. The summed E-state index contributed by atoms with van der Waals surface area (Å²) in [6, 6.07) is 13.8. The van der Waals surface area contributed by atoms with Crippen LogP contribution in [0.25, 0.3) is 10.9 Å². The molecule has 30 heavy (non-hydrogen) atoms. The molecule has 0 fully saturated rings. The van der Waals surface area contributed by atoms with Gasteiger partial charge in [-0.1, -0.05) is 43.5 Å². The van der Waals surface area contributed by atoms with Gasteiger partial charge >= 0.3 is 5.97 Å². The number of carboxylic acid groups (broad SMARTS) is 1. The summed E-state index contributed by atoms with van der Waals surface area (Å²) in [4.78, 5) is 11.1. The number of aliphatic carboxylic acids is 1. The van der Waals surface area contributed by atoms with Crippen LogP contribution >= 0.6 is 0 Å². The number of hydrogen-bond acceptors (Lipinski definition) is 3. The molecule has 2 unspecified atom stereocenters. The van der Waals surface area contributed by atoms with Gasteiger partial charge in [0.2, 0.25) is 0 Å². The molecule has 2 aromatic carbocycles. The van der Waals surface area contributed by atoms with Gasteiger partial charge < -0.3 is 9.84 Å². The zero-order valence-electron chi connectivity index (χ0n) is 17.7. The third-order valence-corrected chi connectivity index (χ3v) is 5.23. The van der Waals surface area contributed by atoms with E-state index in [-0.39, 0.29) is 18.4 Å². The largest absolute Gasteiger partial charge is 0.486 e. The highest BCUT2D eigenvalue weighted by Gasteiger charge is 2.19. The summed E-state index contributed by atoms with van der Waals surface area (Å²) < 4.78 is 6.42. The summed E-state index contributed by atoms with van der Waals surface area (Å²) in [6.07, 6.45) is 2.96. The molecule has 156 valence electrons. The molecule has 5 heteroatoms. The van der Waals surface area contributed by atoms with Crippen LogP contribution in [0.15, 0.2) is 42.5 Å². The number of aryl methyl sites for hydroxylation is 1. The predicted molar refractivity (Wildman–Crippen MR) is 119 cm³/mol. The van der Waals surface area contributed by atoms with Crippen molar-refractivity contribution in [3.05, 3.63) is 59.3 Å². The number of benzene rings is 2. The lowest BCUT2D eigenvalue weighted by Crippen LogP contribution is -2.09. The summed E-state index contributed by atoms with van der Waals surface area (Å²) in [5.41, 5.74) is 4.00. The maximum absolute atomic E-state index is 11.1. The average Bonchev–Trinajstić information content (AvgIpc) is 3.12. The number of fused-ring (bicyclic) bond motifs is 1. The van der Waals surface area contributed by atoms with E-state index in [0.717, 1.165) is 52.7 Å². The Morgan fingerprint density at radius 3 is 2.67 bits per heavy atom. The Bertz CT molecular complexity index is 1060. The molecule has 0 saturated carbocycles. The van der Waals surface area contributed by atoms with Crippen LogP contribution < -0.4 is 4.74 Å². The van der Waals surface area contributed by atoms with E-state index in [1.165, 1.54) is 0 Å². The first-order valence-corrected chi connectivity index (χ1v) is 10.4. The van der Waals surface area contributed by atoms with Gasteiger partial charge in [0.1, 0.15) is 11.9 Å². The van der Waals surface area contributed by atoms with Crippen LogP contribution in [-0.2, 0) is 4.79 Å². The van der Waals surface area contributed by atoms with Gasteiger partial charge in [0.05, 0.1) is 23.5 Å². The fourth-order valence-corrected chi connectivity index (χ4v) is 3.75. The Labute approximate surface area is 177 Å². The number of rotatable bonds is 9. The van der Waals surface area contributed by atoms with Crippen LogP contribution in [0, 0.1) is 18.8 Å². The molecular formula is C25H28N2O3. The highest BCUT2D eigenvalue weighted by molar-refractivity contribution is 5.85. The lowest BCUT2D eigenvalue weighted by molar-refractivity contribution is -0.137. The molecule has 3 aromatic rings. The minimum absolute atomic E-state index is 0.0120. The minimum atomic E-state index is -0.855. The first kappa shape index (κ1) is 21.4. The average molecular weight is 405 g/mol. The van der Waals surface area contributed by atoms with Crippen molar-refractivity contribution in [3.63, 3.8) is 0 Å². The van der Waals surface area contributed by atoms with Gasteiger partial charge in [-0.3, -0.25) is 9.89 Å². The predicted octanol–water partition coefficient (Wildman–Crippen LogP) is 5.76. The second kappa shape index (κ2) is 9.98. The highest BCUT2D eigenvalue weighted by Crippen LogP contribution is 2.33. The number of aromatic amines is 1. The third-order valence-electron chi connectivity index (χ3n) is 5.23. The van der Waals surface area contributed by atoms with Gasteiger partial charge in [-0.15, -0.1) is 5.92 Å². The fraction of sp³-hybridized carbons (Fsp3) is 0.360. The summed E-state index contributed by atoms with van der Waals surface area (Å²) in [7, 11) is 0. The number of unbranched alkanes of at least 4 members (excludes halogenated alkanes) is 1. The van der Waals surface area contributed by atoms with Crippen molar-refractivity contribution in [2.75, 3.05) is 0 Å². The lowest BCUT2D eigenvalue weighted by Gasteiger charge is -2.21. The quantitative estimate of drug-likeness (QED) is 0.444. The van der Waals surface area contributed by atoms with Gasteiger partial charge in [0, 0.05) is 10.9 Å². The van der Waals surface area contributed by atoms with Crippen LogP contribution in [0.4, 0.5) is 0 Å². The monoisotopic (exact) mass is 404 g/mol. The molecule has 0 aliphatic heterocycles. The zero-order valence-corrected chi connectivity index (χ0v) is 17.7. The molecule has 0 spiro atoms. The van der Waals surface area contributed by atoms with Crippen LogP contribution in [0.5, 0.6) is 5.75 Å². The number of ether oxygens (including phenoxy) is 1. The molecule has 0 aliphatic rings. The second-order valence-corrected chi connectivity index (χ2v) is 7.44. The van der Waals surface area contributed by atoms with Crippen LogP contribution in [0.1, 0.15) is 68.4 Å².